The molecule has 0 atom stereocenters. The summed E-state index contributed by atoms with van der Waals surface area (Å²) in [5, 5.41) is 2.06. The average Bonchev–Trinajstić information content (AvgIpc) is 2.78. The van der Waals surface area contributed by atoms with E-state index in [1.54, 1.807) is 0 Å². The standard InChI is InChI=1S/C16H14ClN/c1-2-18-15-6-4-3-5-13(15)11-16(18)12-7-9-14(17)10-8-12/h3-11H,2H2,1H3. The van der Waals surface area contributed by atoms with Gasteiger partial charge in [0.1, 0.15) is 0 Å². The van der Waals surface area contributed by atoms with Crippen molar-refractivity contribution in [2.45, 2.75) is 13.5 Å². The molecule has 0 bridgehead atoms. The first-order valence-electron chi connectivity index (χ1n) is 6.14. The molecular formula is C16H14ClN. The third-order valence-corrected chi connectivity index (χ3v) is 3.52. The van der Waals surface area contributed by atoms with Crippen LogP contribution in [0.4, 0.5) is 0 Å². The zero-order chi connectivity index (χ0) is 12.5. The summed E-state index contributed by atoms with van der Waals surface area (Å²) in [5.74, 6) is 0. The first-order valence-corrected chi connectivity index (χ1v) is 6.51. The molecule has 3 aromatic rings. The van der Waals surface area contributed by atoms with Gasteiger partial charge in [-0.2, -0.15) is 0 Å². The fraction of sp³-hybridized carbons (Fsp3) is 0.125. The molecule has 0 amide bonds. The lowest BCUT2D eigenvalue weighted by molar-refractivity contribution is 0.805. The molecule has 0 fully saturated rings. The summed E-state index contributed by atoms with van der Waals surface area (Å²) in [5.41, 5.74) is 3.73. The highest BCUT2D eigenvalue weighted by Crippen LogP contribution is 2.28. The lowest BCUT2D eigenvalue weighted by atomic mass is 10.1. The van der Waals surface area contributed by atoms with Gasteiger partial charge in [0.25, 0.3) is 0 Å². The van der Waals surface area contributed by atoms with Gasteiger partial charge in [0.05, 0.1) is 0 Å². The van der Waals surface area contributed by atoms with E-state index in [0.717, 1.165) is 11.6 Å². The molecule has 0 aliphatic rings. The van der Waals surface area contributed by atoms with E-state index in [9.17, 15) is 0 Å². The van der Waals surface area contributed by atoms with Crippen LogP contribution in [-0.4, -0.2) is 4.57 Å². The fourth-order valence-corrected chi connectivity index (χ4v) is 2.54. The molecule has 0 radical (unpaired) electrons. The van der Waals surface area contributed by atoms with Crippen molar-refractivity contribution in [2.75, 3.05) is 0 Å². The number of halogens is 1. The van der Waals surface area contributed by atoms with E-state index in [2.05, 4.69) is 54.0 Å². The highest BCUT2D eigenvalue weighted by molar-refractivity contribution is 6.30. The van der Waals surface area contributed by atoms with Crippen LogP contribution < -0.4 is 0 Å². The number of rotatable bonds is 2. The Hall–Kier alpha value is -1.73. The van der Waals surface area contributed by atoms with E-state index in [1.807, 2.05) is 12.1 Å². The molecule has 1 aromatic heterocycles. The van der Waals surface area contributed by atoms with Crippen molar-refractivity contribution in [1.82, 2.24) is 4.57 Å². The minimum absolute atomic E-state index is 0.776. The van der Waals surface area contributed by atoms with E-state index >= 15 is 0 Å². The molecule has 1 heterocycles. The van der Waals surface area contributed by atoms with Crippen LogP contribution in [0.5, 0.6) is 0 Å². The maximum absolute atomic E-state index is 5.94. The molecule has 1 nitrogen and oxygen atoms in total. The number of fused-ring (bicyclic) bond motifs is 1. The van der Waals surface area contributed by atoms with Crippen molar-refractivity contribution in [2.24, 2.45) is 0 Å². The van der Waals surface area contributed by atoms with Gasteiger partial charge in [0.2, 0.25) is 0 Å². The lowest BCUT2D eigenvalue weighted by Gasteiger charge is -2.08. The van der Waals surface area contributed by atoms with Crippen molar-refractivity contribution in [3.05, 3.63) is 59.6 Å². The Kier molecular flexibility index (Phi) is 2.85. The lowest BCUT2D eigenvalue weighted by Crippen LogP contribution is -1.96. The molecule has 0 aliphatic carbocycles. The topological polar surface area (TPSA) is 4.93 Å². The zero-order valence-electron chi connectivity index (χ0n) is 10.2. The highest BCUT2D eigenvalue weighted by Gasteiger charge is 2.08. The van der Waals surface area contributed by atoms with Crippen molar-refractivity contribution in [3.8, 4) is 11.3 Å². The molecule has 2 heteroatoms. The second-order valence-electron chi connectivity index (χ2n) is 4.34. The Labute approximate surface area is 112 Å². The first-order chi connectivity index (χ1) is 8.79. The number of aryl methyl sites for hydroxylation is 1. The molecular weight excluding hydrogens is 242 g/mol. The van der Waals surface area contributed by atoms with Gasteiger partial charge in [0, 0.05) is 28.2 Å². The van der Waals surface area contributed by atoms with Crippen LogP contribution in [0.1, 0.15) is 6.92 Å². The molecule has 0 spiro atoms. The van der Waals surface area contributed by atoms with Gasteiger partial charge in [-0.05, 0) is 36.8 Å². The van der Waals surface area contributed by atoms with Crippen LogP contribution >= 0.6 is 11.6 Å². The Morgan fingerprint density at radius 1 is 1.00 bits per heavy atom. The van der Waals surface area contributed by atoms with E-state index in [4.69, 9.17) is 11.6 Å². The fourth-order valence-electron chi connectivity index (χ4n) is 2.41. The van der Waals surface area contributed by atoms with Crippen molar-refractivity contribution in [1.29, 1.82) is 0 Å². The summed E-state index contributed by atoms with van der Waals surface area (Å²) in [6.45, 7) is 3.14. The molecule has 0 aliphatic heterocycles. The monoisotopic (exact) mass is 255 g/mol. The summed E-state index contributed by atoms with van der Waals surface area (Å²) in [7, 11) is 0. The number of hydrogen-bond acceptors (Lipinski definition) is 0. The van der Waals surface area contributed by atoms with Gasteiger partial charge >= 0.3 is 0 Å². The van der Waals surface area contributed by atoms with Gasteiger partial charge in [-0.15, -0.1) is 0 Å². The minimum atomic E-state index is 0.776. The maximum Gasteiger partial charge on any atom is 0.0491 e. The Bertz CT molecular complexity index is 680. The molecule has 0 saturated carbocycles. The van der Waals surface area contributed by atoms with Gasteiger partial charge < -0.3 is 4.57 Å². The second-order valence-corrected chi connectivity index (χ2v) is 4.78. The van der Waals surface area contributed by atoms with Crippen molar-refractivity contribution in [3.63, 3.8) is 0 Å². The van der Waals surface area contributed by atoms with E-state index in [0.29, 0.717) is 0 Å². The van der Waals surface area contributed by atoms with Crippen LogP contribution in [-0.2, 0) is 6.54 Å². The quantitative estimate of drug-likeness (QED) is 0.609. The van der Waals surface area contributed by atoms with E-state index in [-0.39, 0.29) is 0 Å². The Balaban J connectivity index is 2.25. The molecule has 90 valence electrons. The van der Waals surface area contributed by atoms with Crippen molar-refractivity contribution < 1.29 is 0 Å². The van der Waals surface area contributed by atoms with E-state index in [1.165, 1.54) is 22.2 Å². The van der Waals surface area contributed by atoms with Crippen molar-refractivity contribution >= 4 is 22.5 Å². The molecule has 0 N–H and O–H groups in total. The summed E-state index contributed by atoms with van der Waals surface area (Å²) in [4.78, 5) is 0. The van der Waals surface area contributed by atoms with Crippen LogP contribution in [0.2, 0.25) is 5.02 Å². The van der Waals surface area contributed by atoms with Crippen LogP contribution in [0, 0.1) is 0 Å². The van der Waals surface area contributed by atoms with E-state index < -0.39 is 0 Å². The smallest absolute Gasteiger partial charge is 0.0491 e. The molecule has 18 heavy (non-hydrogen) atoms. The summed E-state index contributed by atoms with van der Waals surface area (Å²) >= 11 is 5.94. The molecule has 0 unspecified atom stereocenters. The Morgan fingerprint density at radius 2 is 1.72 bits per heavy atom. The van der Waals surface area contributed by atoms with Crippen LogP contribution in [0.3, 0.4) is 0 Å². The van der Waals surface area contributed by atoms with Gasteiger partial charge in [-0.1, -0.05) is 41.9 Å². The number of para-hydroxylation sites is 1. The SMILES string of the molecule is CCn1c(-c2ccc(Cl)cc2)cc2ccccc21. The predicted molar refractivity (Wildman–Crippen MR) is 78.1 cm³/mol. The van der Waals surface area contributed by atoms with Crippen LogP contribution in [0.25, 0.3) is 22.2 Å². The zero-order valence-corrected chi connectivity index (χ0v) is 11.0. The molecule has 3 rings (SSSR count). The Morgan fingerprint density at radius 3 is 2.44 bits per heavy atom. The predicted octanol–water partition coefficient (Wildman–Crippen LogP) is 4.98. The normalized spacial score (nSPS) is 11.0. The number of aromatic nitrogens is 1. The molecule has 2 aromatic carbocycles. The summed E-state index contributed by atoms with van der Waals surface area (Å²) in [6, 6.07) is 18.7. The van der Waals surface area contributed by atoms with Gasteiger partial charge in [0.15, 0.2) is 0 Å². The highest BCUT2D eigenvalue weighted by atomic mass is 35.5. The molecule has 0 saturated heterocycles. The minimum Gasteiger partial charge on any atom is -0.341 e. The first kappa shape index (κ1) is 11.4. The average molecular weight is 256 g/mol. The maximum atomic E-state index is 5.94. The second kappa shape index (κ2) is 4.51. The summed E-state index contributed by atoms with van der Waals surface area (Å²) in [6.07, 6.45) is 0. The summed E-state index contributed by atoms with van der Waals surface area (Å²) < 4.78 is 2.33. The number of nitrogens with zero attached hydrogens (tertiary/aromatic N) is 1. The number of hydrogen-bond donors (Lipinski definition) is 0. The van der Waals surface area contributed by atoms with Gasteiger partial charge in [-0.3, -0.25) is 0 Å². The van der Waals surface area contributed by atoms with Gasteiger partial charge in [-0.25, -0.2) is 0 Å². The van der Waals surface area contributed by atoms with Crippen LogP contribution in [0.15, 0.2) is 54.6 Å². The largest absolute Gasteiger partial charge is 0.341 e. The third kappa shape index (κ3) is 1.81. The third-order valence-electron chi connectivity index (χ3n) is 3.27. The number of benzene rings is 2.